The molecular weight excluding hydrogens is 344 g/mol. The molecule has 1 saturated heterocycles. The van der Waals surface area contributed by atoms with Gasteiger partial charge in [-0.2, -0.15) is 9.90 Å². The second-order valence-electron chi connectivity index (χ2n) is 7.05. The van der Waals surface area contributed by atoms with Crippen LogP contribution in [0.15, 0.2) is 43.1 Å². The quantitative estimate of drug-likeness (QED) is 0.674. The van der Waals surface area contributed by atoms with Crippen molar-refractivity contribution in [2.75, 3.05) is 6.54 Å². The molecular formula is C19H22N6O2. The van der Waals surface area contributed by atoms with E-state index in [1.807, 2.05) is 30.3 Å². The van der Waals surface area contributed by atoms with Gasteiger partial charge in [-0.25, -0.2) is 4.79 Å². The Morgan fingerprint density at radius 3 is 2.67 bits per heavy atom. The number of amides is 3. The number of hydrogen-bond acceptors (Lipinski definition) is 5. The lowest BCUT2D eigenvalue weighted by Gasteiger charge is -2.32. The van der Waals surface area contributed by atoms with E-state index in [2.05, 4.69) is 32.7 Å². The normalized spacial score (nSPS) is 22.5. The van der Waals surface area contributed by atoms with Gasteiger partial charge in [-0.3, -0.25) is 10.1 Å². The van der Waals surface area contributed by atoms with Crippen LogP contribution in [-0.2, 0) is 4.79 Å². The van der Waals surface area contributed by atoms with E-state index in [0.717, 1.165) is 31.4 Å². The average Bonchev–Trinajstić information content (AvgIpc) is 3.41. The molecule has 8 heteroatoms. The number of nitrogens with zero attached hydrogens (tertiary/aromatic N) is 3. The van der Waals surface area contributed by atoms with Crippen molar-refractivity contribution >= 4 is 17.6 Å². The maximum atomic E-state index is 12.5. The predicted molar refractivity (Wildman–Crippen MR) is 99.8 cm³/mol. The van der Waals surface area contributed by atoms with Crippen molar-refractivity contribution in [1.29, 1.82) is 0 Å². The summed E-state index contributed by atoms with van der Waals surface area (Å²) in [6, 6.07) is 9.14. The van der Waals surface area contributed by atoms with Gasteiger partial charge in [-0.05, 0) is 30.9 Å². The number of aromatic nitrogens is 3. The van der Waals surface area contributed by atoms with Crippen LogP contribution in [0.2, 0.25) is 0 Å². The van der Waals surface area contributed by atoms with Gasteiger partial charge in [-0.15, -0.1) is 5.10 Å². The first kappa shape index (κ1) is 17.3. The zero-order valence-corrected chi connectivity index (χ0v) is 14.9. The lowest BCUT2D eigenvalue weighted by molar-refractivity contribution is -0.125. The van der Waals surface area contributed by atoms with Crippen molar-refractivity contribution in [1.82, 2.24) is 30.9 Å². The molecule has 1 saturated carbocycles. The first-order valence-electron chi connectivity index (χ1n) is 9.13. The molecule has 3 N–H and O–H groups in total. The number of nitrogens with one attached hydrogen (secondary N) is 3. The number of carbonyl (C=O) groups is 2. The minimum Gasteiger partial charge on any atom is -0.381 e. The summed E-state index contributed by atoms with van der Waals surface area (Å²) in [5.41, 5.74) is 1.06. The molecule has 1 aliphatic carbocycles. The Hall–Kier alpha value is -3.16. The van der Waals surface area contributed by atoms with Gasteiger partial charge >= 0.3 is 6.03 Å². The van der Waals surface area contributed by atoms with Crippen LogP contribution in [0, 0.1) is 5.92 Å². The third-order valence-corrected chi connectivity index (χ3v) is 5.39. The molecule has 2 aliphatic rings. The fourth-order valence-corrected chi connectivity index (χ4v) is 3.90. The van der Waals surface area contributed by atoms with Crippen LogP contribution in [0.3, 0.4) is 0 Å². The topological polar surface area (TPSA) is 101 Å². The summed E-state index contributed by atoms with van der Waals surface area (Å²) in [6.07, 6.45) is 5.61. The number of imide groups is 1. The molecule has 3 amide bonds. The van der Waals surface area contributed by atoms with Gasteiger partial charge in [0.2, 0.25) is 0 Å². The van der Waals surface area contributed by atoms with Gasteiger partial charge < -0.3 is 10.6 Å². The lowest BCUT2D eigenvalue weighted by Crippen LogP contribution is -2.58. The summed E-state index contributed by atoms with van der Waals surface area (Å²) in [5.74, 6) is -0.156. The molecule has 140 valence electrons. The highest BCUT2D eigenvalue weighted by atomic mass is 16.2. The van der Waals surface area contributed by atoms with Crippen LogP contribution in [0.25, 0.3) is 11.4 Å². The Morgan fingerprint density at radius 1 is 1.26 bits per heavy atom. The third kappa shape index (κ3) is 3.18. The van der Waals surface area contributed by atoms with Crippen molar-refractivity contribution in [3.63, 3.8) is 0 Å². The molecule has 1 unspecified atom stereocenters. The SMILES string of the molecule is C=C(NCC1(C2CCCC2)NC(=O)NC1=O)c1cnn(-c2ccccc2)n1. The standard InChI is InChI=1S/C19H22N6O2/c1-13(16-11-21-25(24-16)15-9-3-2-4-10-15)20-12-19(14-7-5-6-8-14)17(26)22-18(27)23-19/h2-4,9-11,14,20H,1,5-8,12H2,(H2,22,23,26,27). The summed E-state index contributed by atoms with van der Waals surface area (Å²) in [7, 11) is 0. The third-order valence-electron chi connectivity index (χ3n) is 5.39. The molecule has 1 aliphatic heterocycles. The fraction of sp³-hybridized carbons (Fsp3) is 0.368. The van der Waals surface area contributed by atoms with Gasteiger partial charge in [0.1, 0.15) is 11.2 Å². The van der Waals surface area contributed by atoms with E-state index in [9.17, 15) is 9.59 Å². The Balaban J connectivity index is 1.48. The molecule has 2 aromatic rings. The van der Waals surface area contributed by atoms with Gasteiger partial charge in [0.25, 0.3) is 5.91 Å². The molecule has 0 radical (unpaired) electrons. The Labute approximate surface area is 157 Å². The minimum atomic E-state index is -0.939. The molecule has 1 atom stereocenters. The number of urea groups is 1. The summed E-state index contributed by atoms with van der Waals surface area (Å²) < 4.78 is 0. The van der Waals surface area contributed by atoms with Crippen LogP contribution in [0.1, 0.15) is 31.4 Å². The zero-order valence-electron chi connectivity index (χ0n) is 14.9. The molecule has 1 aromatic heterocycles. The lowest BCUT2D eigenvalue weighted by atomic mass is 9.82. The number of carbonyl (C=O) groups excluding carboxylic acids is 2. The minimum absolute atomic E-state index is 0.115. The highest BCUT2D eigenvalue weighted by Crippen LogP contribution is 2.36. The van der Waals surface area contributed by atoms with Crippen LogP contribution >= 0.6 is 0 Å². The van der Waals surface area contributed by atoms with E-state index < -0.39 is 11.6 Å². The van der Waals surface area contributed by atoms with Gasteiger partial charge in [0.15, 0.2) is 0 Å². The van der Waals surface area contributed by atoms with E-state index in [1.54, 1.807) is 6.20 Å². The van der Waals surface area contributed by atoms with Crippen molar-refractivity contribution < 1.29 is 9.59 Å². The molecule has 27 heavy (non-hydrogen) atoms. The second-order valence-corrected chi connectivity index (χ2v) is 7.05. The Kier molecular flexibility index (Phi) is 4.39. The summed E-state index contributed by atoms with van der Waals surface area (Å²) in [5, 5.41) is 17.1. The average molecular weight is 366 g/mol. The van der Waals surface area contributed by atoms with Crippen LogP contribution < -0.4 is 16.0 Å². The summed E-state index contributed by atoms with van der Waals surface area (Å²) >= 11 is 0. The van der Waals surface area contributed by atoms with Gasteiger partial charge in [0, 0.05) is 6.54 Å². The smallest absolute Gasteiger partial charge is 0.322 e. The Morgan fingerprint density at radius 2 is 2.00 bits per heavy atom. The fourth-order valence-electron chi connectivity index (χ4n) is 3.90. The number of para-hydroxylation sites is 1. The van der Waals surface area contributed by atoms with E-state index in [0.29, 0.717) is 11.4 Å². The molecule has 2 fully saturated rings. The second kappa shape index (κ2) is 6.86. The van der Waals surface area contributed by atoms with E-state index in [1.165, 1.54) is 4.80 Å². The van der Waals surface area contributed by atoms with Crippen LogP contribution in [0.4, 0.5) is 4.79 Å². The van der Waals surface area contributed by atoms with Gasteiger partial charge in [-0.1, -0.05) is 37.6 Å². The first-order chi connectivity index (χ1) is 13.1. The van der Waals surface area contributed by atoms with Crippen LogP contribution in [0.5, 0.6) is 0 Å². The predicted octanol–water partition coefficient (Wildman–Crippen LogP) is 1.60. The summed E-state index contributed by atoms with van der Waals surface area (Å²) in [4.78, 5) is 25.8. The number of benzene rings is 1. The van der Waals surface area contributed by atoms with E-state index in [-0.39, 0.29) is 18.4 Å². The highest BCUT2D eigenvalue weighted by Gasteiger charge is 2.52. The van der Waals surface area contributed by atoms with E-state index in [4.69, 9.17) is 0 Å². The molecule has 8 nitrogen and oxygen atoms in total. The van der Waals surface area contributed by atoms with Crippen LogP contribution in [-0.4, -0.2) is 39.0 Å². The van der Waals surface area contributed by atoms with Crippen molar-refractivity contribution in [3.8, 4) is 5.69 Å². The maximum absolute atomic E-state index is 12.5. The monoisotopic (exact) mass is 366 g/mol. The molecule has 4 rings (SSSR count). The van der Waals surface area contributed by atoms with Crippen molar-refractivity contribution in [2.24, 2.45) is 5.92 Å². The molecule has 0 bridgehead atoms. The Bertz CT molecular complexity index is 871. The molecule has 1 aromatic carbocycles. The molecule has 2 heterocycles. The zero-order chi connectivity index (χ0) is 18.9. The molecule has 0 spiro atoms. The summed E-state index contributed by atoms with van der Waals surface area (Å²) in [6.45, 7) is 4.29. The largest absolute Gasteiger partial charge is 0.381 e. The number of hydrogen-bond donors (Lipinski definition) is 3. The number of rotatable bonds is 6. The van der Waals surface area contributed by atoms with E-state index >= 15 is 0 Å². The van der Waals surface area contributed by atoms with Crippen molar-refractivity contribution in [3.05, 3.63) is 48.8 Å². The van der Waals surface area contributed by atoms with Gasteiger partial charge in [0.05, 0.1) is 17.6 Å². The highest BCUT2D eigenvalue weighted by molar-refractivity contribution is 6.07. The first-order valence-corrected chi connectivity index (χ1v) is 9.13. The maximum Gasteiger partial charge on any atom is 0.322 e. The van der Waals surface area contributed by atoms with Crippen molar-refractivity contribution in [2.45, 2.75) is 31.2 Å².